The van der Waals surface area contributed by atoms with Crippen LogP contribution in [0.5, 0.6) is 0 Å². The number of nitrogens with zero attached hydrogens (tertiary/aromatic N) is 1. The van der Waals surface area contributed by atoms with Crippen LogP contribution in [0.25, 0.3) is 0 Å². The van der Waals surface area contributed by atoms with Crippen LogP contribution < -0.4 is 4.72 Å². The van der Waals surface area contributed by atoms with Crippen LogP contribution in [0.1, 0.15) is 12.8 Å². The molecule has 0 radical (unpaired) electrons. The maximum Gasteiger partial charge on any atom is 0.307 e. The minimum absolute atomic E-state index is 0.0618. The molecule has 2 rings (SSSR count). The molecule has 0 spiro atoms. The highest BCUT2D eigenvalue weighted by Gasteiger charge is 2.32. The van der Waals surface area contributed by atoms with E-state index >= 15 is 0 Å². The van der Waals surface area contributed by atoms with Crippen molar-refractivity contribution in [1.29, 1.82) is 0 Å². The number of carboxylic acid groups (broad SMARTS) is 1. The molecule has 0 bridgehead atoms. The Morgan fingerprint density at radius 2 is 2.19 bits per heavy atom. The van der Waals surface area contributed by atoms with Gasteiger partial charge in [-0.25, -0.2) is 4.39 Å². The van der Waals surface area contributed by atoms with Crippen LogP contribution in [0.2, 0.25) is 5.02 Å². The van der Waals surface area contributed by atoms with E-state index in [1.54, 1.807) is 0 Å². The molecule has 1 atom stereocenters. The molecule has 1 saturated heterocycles. The summed E-state index contributed by atoms with van der Waals surface area (Å²) in [5.41, 5.74) is -0.0749. The maximum absolute atomic E-state index is 13.1. The Morgan fingerprint density at radius 3 is 2.86 bits per heavy atom. The van der Waals surface area contributed by atoms with Crippen LogP contribution in [0.3, 0.4) is 0 Å². The Hall–Kier alpha value is -1.38. The molecule has 1 aliphatic heterocycles. The average Bonchev–Trinajstić information content (AvgIpc) is 2.43. The molecule has 1 fully saturated rings. The molecule has 0 saturated carbocycles. The van der Waals surface area contributed by atoms with E-state index in [0.29, 0.717) is 12.8 Å². The fourth-order valence-electron chi connectivity index (χ4n) is 2.14. The normalized spacial score (nSPS) is 20.2. The van der Waals surface area contributed by atoms with Crippen molar-refractivity contribution in [2.24, 2.45) is 5.92 Å². The fourth-order valence-corrected chi connectivity index (χ4v) is 3.68. The van der Waals surface area contributed by atoms with Crippen LogP contribution in [-0.2, 0) is 15.0 Å². The lowest BCUT2D eigenvalue weighted by molar-refractivity contribution is -0.142. The van der Waals surface area contributed by atoms with E-state index in [-0.39, 0.29) is 23.8 Å². The molecule has 116 valence electrons. The lowest BCUT2D eigenvalue weighted by Crippen LogP contribution is -2.44. The van der Waals surface area contributed by atoms with Gasteiger partial charge in [-0.1, -0.05) is 11.6 Å². The average molecular weight is 337 g/mol. The molecule has 1 heterocycles. The first kappa shape index (κ1) is 16.0. The monoisotopic (exact) mass is 336 g/mol. The van der Waals surface area contributed by atoms with Crippen molar-refractivity contribution in [3.05, 3.63) is 29.0 Å². The van der Waals surface area contributed by atoms with E-state index < -0.39 is 27.9 Å². The summed E-state index contributed by atoms with van der Waals surface area (Å²) in [5, 5.41) is 9.04. The van der Waals surface area contributed by atoms with Crippen molar-refractivity contribution in [1.82, 2.24) is 4.31 Å². The zero-order valence-corrected chi connectivity index (χ0v) is 12.5. The summed E-state index contributed by atoms with van der Waals surface area (Å²) in [5.74, 6) is -2.39. The lowest BCUT2D eigenvalue weighted by atomic mass is 10.0. The number of aliphatic carboxylic acids is 1. The van der Waals surface area contributed by atoms with Crippen molar-refractivity contribution < 1.29 is 22.7 Å². The second-order valence-electron chi connectivity index (χ2n) is 4.77. The predicted molar refractivity (Wildman–Crippen MR) is 75.9 cm³/mol. The highest BCUT2D eigenvalue weighted by atomic mass is 35.5. The quantitative estimate of drug-likeness (QED) is 0.879. The molecule has 1 aromatic carbocycles. The van der Waals surface area contributed by atoms with Crippen molar-refractivity contribution in [3.63, 3.8) is 0 Å². The molecule has 1 unspecified atom stereocenters. The van der Waals surface area contributed by atoms with Gasteiger partial charge in [-0.05, 0) is 31.0 Å². The number of hydrogen-bond acceptors (Lipinski definition) is 3. The summed E-state index contributed by atoms with van der Waals surface area (Å²) in [4.78, 5) is 11.0. The summed E-state index contributed by atoms with van der Waals surface area (Å²) in [6.45, 7) is 0.101. The minimum atomic E-state index is -3.97. The van der Waals surface area contributed by atoms with Crippen LogP contribution in [0.4, 0.5) is 10.1 Å². The van der Waals surface area contributed by atoms with E-state index in [4.69, 9.17) is 16.7 Å². The van der Waals surface area contributed by atoms with E-state index in [0.717, 1.165) is 16.4 Å². The SMILES string of the molecule is O=C(O)C1CCCN(S(=O)(=O)Nc2cc(F)ccc2Cl)C1. The van der Waals surface area contributed by atoms with Crippen molar-refractivity contribution >= 4 is 33.5 Å². The number of nitrogens with one attached hydrogen (secondary N) is 1. The van der Waals surface area contributed by atoms with Gasteiger partial charge in [0.15, 0.2) is 0 Å². The topological polar surface area (TPSA) is 86.7 Å². The molecule has 1 aromatic rings. The summed E-state index contributed by atoms with van der Waals surface area (Å²) in [6, 6.07) is 3.32. The second-order valence-corrected chi connectivity index (χ2v) is 6.84. The number of piperidine rings is 1. The van der Waals surface area contributed by atoms with Gasteiger partial charge in [0.05, 0.1) is 16.6 Å². The maximum atomic E-state index is 13.1. The third kappa shape index (κ3) is 3.84. The van der Waals surface area contributed by atoms with Gasteiger partial charge < -0.3 is 5.11 Å². The van der Waals surface area contributed by atoms with Crippen LogP contribution in [0.15, 0.2) is 18.2 Å². The Morgan fingerprint density at radius 1 is 1.48 bits per heavy atom. The zero-order chi connectivity index (χ0) is 15.6. The highest BCUT2D eigenvalue weighted by Crippen LogP contribution is 2.26. The van der Waals surface area contributed by atoms with Gasteiger partial charge in [0.25, 0.3) is 0 Å². The van der Waals surface area contributed by atoms with Gasteiger partial charge in [0.2, 0.25) is 0 Å². The number of rotatable bonds is 4. The van der Waals surface area contributed by atoms with Gasteiger partial charge in [-0.15, -0.1) is 0 Å². The zero-order valence-electron chi connectivity index (χ0n) is 10.9. The minimum Gasteiger partial charge on any atom is -0.481 e. The van der Waals surface area contributed by atoms with Crippen LogP contribution >= 0.6 is 11.6 Å². The molecule has 21 heavy (non-hydrogen) atoms. The molecular weight excluding hydrogens is 323 g/mol. The molecule has 1 aliphatic rings. The smallest absolute Gasteiger partial charge is 0.307 e. The van der Waals surface area contributed by atoms with E-state index in [9.17, 15) is 17.6 Å². The van der Waals surface area contributed by atoms with Crippen molar-refractivity contribution in [2.45, 2.75) is 12.8 Å². The predicted octanol–water partition coefficient (Wildman–Crippen LogP) is 1.93. The first-order valence-electron chi connectivity index (χ1n) is 6.25. The second kappa shape index (κ2) is 6.17. The lowest BCUT2D eigenvalue weighted by Gasteiger charge is -2.30. The first-order chi connectivity index (χ1) is 9.79. The van der Waals surface area contributed by atoms with Crippen LogP contribution in [0, 0.1) is 11.7 Å². The number of benzene rings is 1. The molecule has 6 nitrogen and oxygen atoms in total. The number of halogens is 2. The third-order valence-corrected chi connectivity index (χ3v) is 5.06. The fraction of sp³-hybridized carbons (Fsp3) is 0.417. The van der Waals surface area contributed by atoms with Gasteiger partial charge in [0, 0.05) is 13.1 Å². The molecular formula is C12H14ClFN2O4S. The van der Waals surface area contributed by atoms with Crippen molar-refractivity contribution in [3.8, 4) is 0 Å². The summed E-state index contributed by atoms with van der Waals surface area (Å²) < 4.78 is 40.8. The summed E-state index contributed by atoms with van der Waals surface area (Å²) in [6.07, 6.45) is 0.886. The largest absolute Gasteiger partial charge is 0.481 e. The molecule has 0 aromatic heterocycles. The summed E-state index contributed by atoms with van der Waals surface area (Å²) in [7, 11) is -3.97. The standard InChI is InChI=1S/C12H14ClFN2O4S/c13-10-4-3-9(14)6-11(10)15-21(19,20)16-5-1-2-8(7-16)12(17)18/h3-4,6,8,15H,1-2,5,7H2,(H,17,18). The van der Waals surface area contributed by atoms with E-state index in [1.807, 2.05) is 0 Å². The van der Waals surface area contributed by atoms with Gasteiger partial charge >= 0.3 is 16.2 Å². The van der Waals surface area contributed by atoms with Gasteiger partial charge in [-0.2, -0.15) is 12.7 Å². The molecule has 0 aliphatic carbocycles. The Balaban J connectivity index is 2.18. The molecule has 2 N–H and O–H groups in total. The Kier molecular flexibility index (Phi) is 4.70. The molecule has 0 amide bonds. The first-order valence-corrected chi connectivity index (χ1v) is 8.07. The summed E-state index contributed by atoms with van der Waals surface area (Å²) >= 11 is 5.81. The Labute approximate surface area is 126 Å². The van der Waals surface area contributed by atoms with Gasteiger partial charge in [-0.3, -0.25) is 9.52 Å². The number of anilines is 1. The van der Waals surface area contributed by atoms with E-state index in [1.165, 1.54) is 6.07 Å². The highest BCUT2D eigenvalue weighted by molar-refractivity contribution is 7.90. The Bertz CT molecular complexity index is 653. The molecule has 9 heteroatoms. The number of carbonyl (C=O) groups is 1. The van der Waals surface area contributed by atoms with Crippen molar-refractivity contribution in [2.75, 3.05) is 17.8 Å². The number of carboxylic acids is 1. The number of hydrogen-bond donors (Lipinski definition) is 2. The van der Waals surface area contributed by atoms with E-state index in [2.05, 4.69) is 4.72 Å². The third-order valence-electron chi connectivity index (χ3n) is 3.24. The van der Waals surface area contributed by atoms with Crippen LogP contribution in [-0.4, -0.2) is 36.9 Å². The van der Waals surface area contributed by atoms with Gasteiger partial charge in [0.1, 0.15) is 5.82 Å².